The Hall–Kier alpha value is -1.13. The van der Waals surface area contributed by atoms with E-state index in [2.05, 4.69) is 12.2 Å². The number of piperazine rings is 1. The number of carbonyl (C=O) groups is 1. The Labute approximate surface area is 119 Å². The number of hydrogen-bond donors (Lipinski definition) is 1. The second kappa shape index (κ2) is 6.87. The number of benzene rings is 1. The lowest BCUT2D eigenvalue weighted by atomic mass is 10.1. The average molecular weight is 287 g/mol. The zero-order valence-corrected chi connectivity index (χ0v) is 12.0. The minimum Gasteiger partial charge on any atom is -0.337 e. The van der Waals surface area contributed by atoms with Gasteiger partial charge in [-0.3, -0.25) is 4.79 Å². The summed E-state index contributed by atoms with van der Waals surface area (Å²) in [6.07, 6.45) is 0.273. The monoisotopic (exact) mass is 286 g/mol. The van der Waals surface area contributed by atoms with E-state index >= 15 is 0 Å². The second-order valence-electron chi connectivity index (χ2n) is 5.01. The molecule has 1 saturated heterocycles. The fourth-order valence-electron chi connectivity index (χ4n) is 2.29. The van der Waals surface area contributed by atoms with Gasteiger partial charge >= 0.3 is 0 Å². The van der Waals surface area contributed by atoms with Crippen molar-refractivity contribution in [3.05, 3.63) is 35.6 Å². The van der Waals surface area contributed by atoms with Crippen molar-refractivity contribution < 1.29 is 9.18 Å². The van der Waals surface area contributed by atoms with E-state index in [0.717, 1.165) is 18.7 Å². The fraction of sp³-hybridized carbons (Fsp3) is 0.500. The van der Waals surface area contributed by atoms with Gasteiger partial charge in [0.1, 0.15) is 5.82 Å². The molecule has 1 aliphatic heterocycles. The van der Waals surface area contributed by atoms with Gasteiger partial charge in [0.2, 0.25) is 5.91 Å². The van der Waals surface area contributed by atoms with E-state index in [1.807, 2.05) is 11.8 Å². The van der Waals surface area contributed by atoms with Crippen LogP contribution in [0.4, 0.5) is 4.39 Å². The van der Waals surface area contributed by atoms with Gasteiger partial charge in [-0.25, -0.2) is 4.39 Å². The standard InChI is InChI=1S/C14H19FN2O.ClH/c1-10-9-17(11(2)8-16-10)14(18)7-12-4-3-5-13(15)6-12;/h3-6,10-11,16H,7-9H2,1-2H3;1H. The summed E-state index contributed by atoms with van der Waals surface area (Å²) in [7, 11) is 0. The third-order valence-electron chi connectivity index (χ3n) is 3.33. The van der Waals surface area contributed by atoms with Gasteiger partial charge in [0.05, 0.1) is 6.42 Å². The molecule has 1 amide bonds. The lowest BCUT2D eigenvalue weighted by Crippen LogP contribution is -2.56. The van der Waals surface area contributed by atoms with Crippen LogP contribution in [0.15, 0.2) is 24.3 Å². The van der Waals surface area contributed by atoms with E-state index in [1.54, 1.807) is 12.1 Å². The van der Waals surface area contributed by atoms with Gasteiger partial charge < -0.3 is 10.2 Å². The molecule has 1 fully saturated rings. The second-order valence-corrected chi connectivity index (χ2v) is 5.01. The van der Waals surface area contributed by atoms with Crippen molar-refractivity contribution in [2.45, 2.75) is 32.4 Å². The molecule has 0 spiro atoms. The predicted molar refractivity (Wildman–Crippen MR) is 76.0 cm³/mol. The zero-order valence-electron chi connectivity index (χ0n) is 11.2. The fourth-order valence-corrected chi connectivity index (χ4v) is 2.29. The smallest absolute Gasteiger partial charge is 0.227 e. The maximum atomic E-state index is 13.1. The molecule has 0 radical (unpaired) electrons. The summed E-state index contributed by atoms with van der Waals surface area (Å²) in [5.41, 5.74) is 0.735. The Kier molecular flexibility index (Phi) is 5.76. The zero-order chi connectivity index (χ0) is 13.1. The quantitative estimate of drug-likeness (QED) is 0.902. The van der Waals surface area contributed by atoms with Crippen molar-refractivity contribution in [1.29, 1.82) is 0 Å². The first-order chi connectivity index (χ1) is 8.56. The highest BCUT2D eigenvalue weighted by Crippen LogP contribution is 2.11. The summed E-state index contributed by atoms with van der Waals surface area (Å²) in [5.74, 6) is -0.219. The highest BCUT2D eigenvalue weighted by Gasteiger charge is 2.26. The normalized spacial score (nSPS) is 22.8. The first kappa shape index (κ1) is 15.9. The maximum Gasteiger partial charge on any atom is 0.227 e. The molecule has 2 unspecified atom stereocenters. The van der Waals surface area contributed by atoms with Crippen LogP contribution in [0.5, 0.6) is 0 Å². The SMILES string of the molecule is CC1CN(C(=O)Cc2cccc(F)c2)C(C)CN1.Cl. The van der Waals surface area contributed by atoms with E-state index in [-0.39, 0.29) is 36.6 Å². The van der Waals surface area contributed by atoms with Gasteiger partial charge in [0.15, 0.2) is 0 Å². The summed E-state index contributed by atoms with van der Waals surface area (Å²) < 4.78 is 13.1. The maximum absolute atomic E-state index is 13.1. The highest BCUT2D eigenvalue weighted by atomic mass is 35.5. The minimum atomic E-state index is -0.290. The predicted octanol–water partition coefficient (Wildman–Crippen LogP) is 2.00. The van der Waals surface area contributed by atoms with Gasteiger partial charge in [0, 0.05) is 25.2 Å². The summed E-state index contributed by atoms with van der Waals surface area (Å²) >= 11 is 0. The van der Waals surface area contributed by atoms with Crippen LogP contribution in [0.1, 0.15) is 19.4 Å². The number of carbonyl (C=O) groups excluding carboxylic acids is 1. The molecule has 0 aliphatic carbocycles. The molecule has 2 rings (SSSR count). The van der Waals surface area contributed by atoms with Crippen molar-refractivity contribution in [3.8, 4) is 0 Å². The molecule has 1 N–H and O–H groups in total. The Balaban J connectivity index is 0.00000180. The molecule has 1 aromatic carbocycles. The molecule has 1 aromatic rings. The Morgan fingerprint density at radius 1 is 1.47 bits per heavy atom. The first-order valence-corrected chi connectivity index (χ1v) is 6.33. The molecule has 19 heavy (non-hydrogen) atoms. The van der Waals surface area contributed by atoms with Crippen LogP contribution in [-0.2, 0) is 11.2 Å². The third kappa shape index (κ3) is 4.18. The minimum absolute atomic E-state index is 0. The van der Waals surface area contributed by atoms with Crippen LogP contribution < -0.4 is 5.32 Å². The largest absolute Gasteiger partial charge is 0.337 e. The summed E-state index contributed by atoms with van der Waals surface area (Å²) in [4.78, 5) is 14.1. The van der Waals surface area contributed by atoms with Gasteiger partial charge in [-0.1, -0.05) is 12.1 Å². The van der Waals surface area contributed by atoms with Gasteiger partial charge in [0.25, 0.3) is 0 Å². The number of halogens is 2. The van der Waals surface area contributed by atoms with E-state index in [9.17, 15) is 9.18 Å². The Morgan fingerprint density at radius 2 is 2.21 bits per heavy atom. The Bertz CT molecular complexity index is 441. The number of nitrogens with zero attached hydrogens (tertiary/aromatic N) is 1. The van der Waals surface area contributed by atoms with E-state index in [0.29, 0.717) is 6.04 Å². The topological polar surface area (TPSA) is 32.3 Å². The van der Waals surface area contributed by atoms with Gasteiger partial charge in [-0.2, -0.15) is 0 Å². The highest BCUT2D eigenvalue weighted by molar-refractivity contribution is 5.85. The summed E-state index contributed by atoms with van der Waals surface area (Å²) in [5, 5.41) is 3.34. The number of hydrogen-bond acceptors (Lipinski definition) is 2. The average Bonchev–Trinajstić information content (AvgIpc) is 2.32. The number of amides is 1. The lowest BCUT2D eigenvalue weighted by molar-refractivity contribution is -0.133. The van der Waals surface area contributed by atoms with E-state index in [1.165, 1.54) is 12.1 Å². The van der Waals surface area contributed by atoms with Crippen LogP contribution in [0.2, 0.25) is 0 Å². The molecule has 0 aromatic heterocycles. The molecule has 0 saturated carbocycles. The van der Waals surface area contributed by atoms with Crippen LogP contribution in [0, 0.1) is 5.82 Å². The van der Waals surface area contributed by atoms with Crippen molar-refractivity contribution in [2.24, 2.45) is 0 Å². The van der Waals surface area contributed by atoms with Gasteiger partial charge in [-0.15, -0.1) is 12.4 Å². The molecular weight excluding hydrogens is 267 g/mol. The molecule has 0 bridgehead atoms. The first-order valence-electron chi connectivity index (χ1n) is 6.33. The molecule has 1 aliphatic rings. The van der Waals surface area contributed by atoms with Crippen LogP contribution in [0.3, 0.4) is 0 Å². The number of rotatable bonds is 2. The molecular formula is C14H20ClFN2O. The van der Waals surface area contributed by atoms with Crippen molar-refractivity contribution in [2.75, 3.05) is 13.1 Å². The van der Waals surface area contributed by atoms with Crippen molar-refractivity contribution in [1.82, 2.24) is 10.2 Å². The van der Waals surface area contributed by atoms with Crippen LogP contribution >= 0.6 is 12.4 Å². The van der Waals surface area contributed by atoms with Gasteiger partial charge in [-0.05, 0) is 31.5 Å². The summed E-state index contributed by atoms with van der Waals surface area (Å²) in [6, 6.07) is 6.76. The third-order valence-corrected chi connectivity index (χ3v) is 3.33. The van der Waals surface area contributed by atoms with Crippen LogP contribution in [0.25, 0.3) is 0 Å². The van der Waals surface area contributed by atoms with E-state index < -0.39 is 0 Å². The lowest BCUT2D eigenvalue weighted by Gasteiger charge is -2.37. The van der Waals surface area contributed by atoms with Crippen molar-refractivity contribution in [3.63, 3.8) is 0 Å². The van der Waals surface area contributed by atoms with Crippen molar-refractivity contribution >= 4 is 18.3 Å². The number of nitrogens with one attached hydrogen (secondary N) is 1. The molecule has 5 heteroatoms. The molecule has 1 heterocycles. The summed E-state index contributed by atoms with van der Waals surface area (Å²) in [6.45, 7) is 5.63. The molecule has 106 valence electrons. The molecule has 2 atom stereocenters. The van der Waals surface area contributed by atoms with Crippen LogP contribution in [-0.4, -0.2) is 36.0 Å². The molecule has 3 nitrogen and oxygen atoms in total. The van der Waals surface area contributed by atoms with E-state index in [4.69, 9.17) is 0 Å². The Morgan fingerprint density at radius 3 is 2.89 bits per heavy atom.